The molecule has 0 heterocycles. The lowest BCUT2D eigenvalue weighted by Crippen LogP contribution is -2.45. The number of aliphatic hydroxyl groups excluding tert-OH is 1. The Balaban J connectivity index is 4.46. The predicted molar refractivity (Wildman–Crippen MR) is 244 cm³/mol. The van der Waals surface area contributed by atoms with E-state index < -0.39 is 20.0 Å². The van der Waals surface area contributed by atoms with Gasteiger partial charge in [0.05, 0.1) is 39.9 Å². The molecule has 0 aliphatic heterocycles. The average Bonchev–Trinajstić information content (AvgIpc) is 3.16. The first-order chi connectivity index (χ1) is 27.5. The lowest BCUT2D eigenvalue weighted by atomic mass is 10.1. The number of allylic oxidation sites excluding steroid dienone is 19. The quantitative estimate of drug-likeness (QED) is 0.0252. The molecule has 0 aromatic rings. The molecule has 0 saturated heterocycles. The highest BCUT2D eigenvalue weighted by atomic mass is 31.2. The maximum Gasteiger partial charge on any atom is 0.472 e. The summed E-state index contributed by atoms with van der Waals surface area (Å²) >= 11 is 0. The minimum atomic E-state index is -4.36. The highest BCUT2D eigenvalue weighted by Gasteiger charge is 2.27. The number of rotatable bonds is 36. The molecule has 1 amide bonds. The lowest BCUT2D eigenvalue weighted by molar-refractivity contribution is -0.870. The smallest absolute Gasteiger partial charge is 0.387 e. The second-order valence-corrected chi connectivity index (χ2v) is 16.4. The molecule has 0 fully saturated rings. The third-order valence-corrected chi connectivity index (χ3v) is 9.39. The molecule has 0 aromatic carbocycles. The van der Waals surface area contributed by atoms with Gasteiger partial charge in [0.2, 0.25) is 5.91 Å². The maximum atomic E-state index is 12.8. The zero-order chi connectivity index (χ0) is 42.1. The minimum Gasteiger partial charge on any atom is -0.387 e. The summed E-state index contributed by atoms with van der Waals surface area (Å²) in [4.78, 5) is 23.0. The normalized spacial score (nSPS) is 15.6. The van der Waals surface area contributed by atoms with E-state index in [1.165, 1.54) is 0 Å². The van der Waals surface area contributed by atoms with E-state index in [2.05, 4.69) is 129 Å². The minimum absolute atomic E-state index is 0.0386. The molecule has 0 aliphatic carbocycles. The van der Waals surface area contributed by atoms with Crippen molar-refractivity contribution in [1.29, 1.82) is 0 Å². The Kier molecular flexibility index (Phi) is 36.3. The molecule has 0 spiro atoms. The Bertz CT molecular complexity index is 1330. The van der Waals surface area contributed by atoms with Crippen LogP contribution < -0.4 is 5.32 Å². The van der Waals surface area contributed by atoms with Gasteiger partial charge in [-0.05, 0) is 96.3 Å². The summed E-state index contributed by atoms with van der Waals surface area (Å²) in [5.41, 5.74) is 0. The van der Waals surface area contributed by atoms with E-state index in [4.69, 9.17) is 9.05 Å². The number of unbranched alkanes of at least 4 members (excludes halogenated alkanes) is 5. The van der Waals surface area contributed by atoms with Crippen LogP contribution in [0.25, 0.3) is 0 Å². The summed E-state index contributed by atoms with van der Waals surface area (Å²) in [5.74, 6) is -0.233. The number of phosphoric acid groups is 1. The molecule has 0 aromatic heterocycles. The summed E-state index contributed by atoms with van der Waals surface area (Å²) in [6.07, 6.45) is 57.2. The van der Waals surface area contributed by atoms with Crippen molar-refractivity contribution >= 4 is 13.7 Å². The number of aliphatic hydroxyl groups is 1. The number of phosphoric ester groups is 1. The molecule has 57 heavy (non-hydrogen) atoms. The van der Waals surface area contributed by atoms with Gasteiger partial charge in [0, 0.05) is 6.42 Å². The fraction of sp³-hybridized carbons (Fsp3) is 0.562. The van der Waals surface area contributed by atoms with E-state index in [1.54, 1.807) is 6.08 Å². The largest absolute Gasteiger partial charge is 0.472 e. The van der Waals surface area contributed by atoms with E-state index in [0.717, 1.165) is 96.3 Å². The number of carbonyl (C=O) groups is 1. The summed E-state index contributed by atoms with van der Waals surface area (Å²) < 4.78 is 23.4. The molecule has 3 N–H and O–H groups in total. The molecular formula is C48H80N2O6P+. The topological polar surface area (TPSA) is 105 Å². The monoisotopic (exact) mass is 812 g/mol. The van der Waals surface area contributed by atoms with Crippen LogP contribution in [0, 0.1) is 0 Å². The molecule has 0 bridgehead atoms. The van der Waals surface area contributed by atoms with Gasteiger partial charge >= 0.3 is 7.82 Å². The number of quaternary nitrogens is 1. The number of carbonyl (C=O) groups excluding carboxylic acids is 1. The SMILES string of the molecule is CC/C=C\C/C=C\C/C=C\C/C=C\C/C=C\C/C=C\C/C=C\CCCCCC(=O)NC(COP(=O)(O)OCC[N+](C)(C)C)C(O)/C=C/CC/C=C/CC/C=C/CC. The summed E-state index contributed by atoms with van der Waals surface area (Å²) in [7, 11) is 1.49. The first-order valence-electron chi connectivity index (χ1n) is 21.4. The second kappa shape index (κ2) is 38.4. The Morgan fingerprint density at radius 2 is 1.02 bits per heavy atom. The van der Waals surface area contributed by atoms with E-state index in [1.807, 2.05) is 27.2 Å². The van der Waals surface area contributed by atoms with Gasteiger partial charge in [-0.2, -0.15) is 0 Å². The molecule has 0 radical (unpaired) electrons. The molecule has 3 atom stereocenters. The highest BCUT2D eigenvalue weighted by Crippen LogP contribution is 2.43. The number of nitrogens with zero attached hydrogens (tertiary/aromatic N) is 1. The zero-order valence-electron chi connectivity index (χ0n) is 36.3. The number of nitrogens with one attached hydrogen (secondary N) is 1. The van der Waals surface area contributed by atoms with Crippen molar-refractivity contribution < 1.29 is 32.9 Å². The van der Waals surface area contributed by atoms with Crippen molar-refractivity contribution in [2.45, 2.75) is 135 Å². The molecule has 0 aliphatic rings. The average molecular weight is 812 g/mol. The summed E-state index contributed by atoms with van der Waals surface area (Å²) in [6, 6.07) is -0.894. The number of hydrogen-bond donors (Lipinski definition) is 3. The predicted octanol–water partition coefficient (Wildman–Crippen LogP) is 11.9. The first kappa shape index (κ1) is 53.9. The van der Waals surface area contributed by atoms with Gasteiger partial charge in [-0.25, -0.2) is 4.57 Å². The molecule has 0 saturated carbocycles. The van der Waals surface area contributed by atoms with Gasteiger partial charge in [0.25, 0.3) is 0 Å². The van der Waals surface area contributed by atoms with E-state index in [0.29, 0.717) is 23.9 Å². The van der Waals surface area contributed by atoms with Gasteiger partial charge < -0.3 is 19.8 Å². The van der Waals surface area contributed by atoms with Gasteiger partial charge in [-0.3, -0.25) is 13.8 Å². The number of hydrogen-bond acceptors (Lipinski definition) is 5. The fourth-order valence-corrected chi connectivity index (χ4v) is 5.79. The van der Waals surface area contributed by atoms with Crippen LogP contribution in [0.2, 0.25) is 0 Å². The van der Waals surface area contributed by atoms with Gasteiger partial charge in [-0.15, -0.1) is 0 Å². The maximum absolute atomic E-state index is 12.8. The Morgan fingerprint density at radius 1 is 0.596 bits per heavy atom. The standard InChI is InChI=1S/C48H79N2O6P/c1-6-8-10-12-14-16-18-19-20-21-22-23-24-25-26-27-28-29-30-31-32-34-36-38-40-42-48(52)49-46(45-56-57(53,54)55-44-43-50(3,4)5)47(51)41-39-37-35-33-17-15-13-11-9-7-2/h8-11,14,16-17,19-20,22-23,25-26,28-29,31-33,39,41,46-47,51H,6-7,12-13,15,18,21,24,27,30,34-38,40,42-45H2,1-5H3,(H-,49,52,53,54)/p+1/b10-8-,11-9+,16-14-,20-19-,23-22-,26-25-,29-28-,32-31-,33-17+,41-39+. The van der Waals surface area contributed by atoms with Crippen LogP contribution in [0.15, 0.2) is 122 Å². The molecule has 0 rings (SSSR count). The summed E-state index contributed by atoms with van der Waals surface area (Å²) in [5, 5.41) is 13.7. The number of likely N-dealkylation sites (N-methyl/N-ethyl adjacent to an activating group) is 1. The van der Waals surface area contributed by atoms with Gasteiger partial charge in [0.1, 0.15) is 13.2 Å². The van der Waals surface area contributed by atoms with Crippen molar-refractivity contribution in [3.8, 4) is 0 Å². The van der Waals surface area contributed by atoms with Gasteiger partial charge in [-0.1, -0.05) is 142 Å². The first-order valence-corrected chi connectivity index (χ1v) is 22.9. The van der Waals surface area contributed by atoms with E-state index >= 15 is 0 Å². The number of amides is 1. The van der Waals surface area contributed by atoms with Crippen LogP contribution >= 0.6 is 7.82 Å². The second-order valence-electron chi connectivity index (χ2n) is 14.9. The van der Waals surface area contributed by atoms with Crippen LogP contribution in [0.4, 0.5) is 0 Å². The Hall–Kier alpha value is -3.10. The van der Waals surface area contributed by atoms with Crippen LogP contribution in [0.1, 0.15) is 123 Å². The van der Waals surface area contributed by atoms with Crippen molar-refractivity contribution in [2.75, 3.05) is 40.9 Å². The lowest BCUT2D eigenvalue weighted by Gasteiger charge is -2.25. The van der Waals surface area contributed by atoms with Gasteiger partial charge in [0.15, 0.2) is 0 Å². The third-order valence-electron chi connectivity index (χ3n) is 8.40. The zero-order valence-corrected chi connectivity index (χ0v) is 37.2. The van der Waals surface area contributed by atoms with Crippen molar-refractivity contribution in [3.05, 3.63) is 122 Å². The van der Waals surface area contributed by atoms with E-state index in [-0.39, 0.29) is 19.1 Å². The fourth-order valence-electron chi connectivity index (χ4n) is 5.06. The van der Waals surface area contributed by atoms with Crippen LogP contribution in [-0.4, -0.2) is 73.4 Å². The van der Waals surface area contributed by atoms with Crippen molar-refractivity contribution in [2.24, 2.45) is 0 Å². The van der Waals surface area contributed by atoms with Crippen molar-refractivity contribution in [3.63, 3.8) is 0 Å². The summed E-state index contributed by atoms with van der Waals surface area (Å²) in [6.45, 7) is 4.47. The molecule has 9 heteroatoms. The molecule has 8 nitrogen and oxygen atoms in total. The Morgan fingerprint density at radius 3 is 1.51 bits per heavy atom. The van der Waals surface area contributed by atoms with Crippen molar-refractivity contribution in [1.82, 2.24) is 5.32 Å². The Labute approximate surface area is 348 Å². The molecule has 322 valence electrons. The van der Waals surface area contributed by atoms with Crippen LogP contribution in [0.3, 0.4) is 0 Å². The van der Waals surface area contributed by atoms with Crippen LogP contribution in [0.5, 0.6) is 0 Å². The third kappa shape index (κ3) is 40.9. The van der Waals surface area contributed by atoms with E-state index in [9.17, 15) is 19.4 Å². The highest BCUT2D eigenvalue weighted by molar-refractivity contribution is 7.47. The molecular weight excluding hydrogens is 732 g/mol. The van der Waals surface area contributed by atoms with Crippen LogP contribution in [-0.2, 0) is 18.4 Å². The molecule has 3 unspecified atom stereocenters.